The monoisotopic (exact) mass is 314 g/mol. The van der Waals surface area contributed by atoms with Crippen molar-refractivity contribution in [3.63, 3.8) is 0 Å². The van der Waals surface area contributed by atoms with E-state index in [-0.39, 0.29) is 35.5 Å². The number of rotatable bonds is 6. The van der Waals surface area contributed by atoms with Crippen LogP contribution in [0.3, 0.4) is 0 Å². The van der Waals surface area contributed by atoms with Crippen molar-refractivity contribution in [2.45, 2.75) is 31.6 Å². The predicted octanol–water partition coefficient (Wildman–Crippen LogP) is 2.64. The lowest BCUT2D eigenvalue weighted by Crippen LogP contribution is -2.47. The van der Waals surface area contributed by atoms with Gasteiger partial charge in [0.05, 0.1) is 0 Å². The quantitative estimate of drug-likeness (QED) is 0.847. The van der Waals surface area contributed by atoms with Gasteiger partial charge in [0.15, 0.2) is 0 Å². The Kier molecular flexibility index (Phi) is 6.62. The fraction of sp³-hybridized carbons (Fsp3) is 0.562. The fourth-order valence-electron chi connectivity index (χ4n) is 2.80. The molecule has 1 unspecified atom stereocenters. The summed E-state index contributed by atoms with van der Waals surface area (Å²) in [6.07, 6.45) is 3.28. The maximum Gasteiger partial charge on any atom is 0.224 e. The molecule has 0 aromatic heterocycles. The second-order valence-corrected chi connectivity index (χ2v) is 5.82. The SMILES string of the molecule is CNCC(C)C(=O)NCC1(c2ccc(F)cc2)CCC1.Cl. The number of hydrogen-bond donors (Lipinski definition) is 2. The molecular weight excluding hydrogens is 291 g/mol. The number of carbonyl (C=O) groups is 1. The Bertz CT molecular complexity index is 460. The van der Waals surface area contributed by atoms with Crippen LogP contribution >= 0.6 is 12.4 Å². The van der Waals surface area contributed by atoms with Crippen LogP contribution in [0.2, 0.25) is 0 Å². The van der Waals surface area contributed by atoms with Crippen molar-refractivity contribution in [1.29, 1.82) is 0 Å². The van der Waals surface area contributed by atoms with E-state index in [1.165, 1.54) is 18.6 Å². The summed E-state index contributed by atoms with van der Waals surface area (Å²) in [4.78, 5) is 12.0. The summed E-state index contributed by atoms with van der Waals surface area (Å²) in [5, 5.41) is 6.06. The molecule has 0 spiro atoms. The van der Waals surface area contributed by atoms with E-state index in [4.69, 9.17) is 0 Å². The number of nitrogens with one attached hydrogen (secondary N) is 2. The zero-order chi connectivity index (χ0) is 14.6. The maximum absolute atomic E-state index is 13.0. The molecule has 0 heterocycles. The van der Waals surface area contributed by atoms with Gasteiger partial charge in [-0.25, -0.2) is 4.39 Å². The normalized spacial score (nSPS) is 17.3. The first-order chi connectivity index (χ1) is 9.57. The van der Waals surface area contributed by atoms with Crippen LogP contribution in [0.1, 0.15) is 31.7 Å². The Morgan fingerprint density at radius 2 is 1.95 bits per heavy atom. The van der Waals surface area contributed by atoms with Crippen LogP contribution in [0.15, 0.2) is 24.3 Å². The van der Waals surface area contributed by atoms with Gasteiger partial charge in [0.25, 0.3) is 0 Å². The highest BCUT2D eigenvalue weighted by Crippen LogP contribution is 2.43. The minimum Gasteiger partial charge on any atom is -0.355 e. The van der Waals surface area contributed by atoms with E-state index in [1.807, 2.05) is 26.1 Å². The van der Waals surface area contributed by atoms with Gasteiger partial charge in [-0.2, -0.15) is 0 Å². The van der Waals surface area contributed by atoms with Gasteiger partial charge in [-0.15, -0.1) is 12.4 Å². The third-order valence-electron chi connectivity index (χ3n) is 4.33. The van der Waals surface area contributed by atoms with Gasteiger partial charge in [0.1, 0.15) is 5.82 Å². The molecule has 1 atom stereocenters. The van der Waals surface area contributed by atoms with Crippen LogP contribution in [0.5, 0.6) is 0 Å². The molecule has 1 fully saturated rings. The van der Waals surface area contributed by atoms with Crippen LogP contribution in [0.25, 0.3) is 0 Å². The highest BCUT2D eigenvalue weighted by Gasteiger charge is 2.39. The topological polar surface area (TPSA) is 41.1 Å². The molecule has 0 saturated heterocycles. The summed E-state index contributed by atoms with van der Waals surface area (Å²) in [5.41, 5.74) is 1.13. The Morgan fingerprint density at radius 1 is 1.33 bits per heavy atom. The molecule has 2 rings (SSSR count). The third-order valence-corrected chi connectivity index (χ3v) is 4.33. The van der Waals surface area contributed by atoms with E-state index in [9.17, 15) is 9.18 Å². The molecule has 1 saturated carbocycles. The first-order valence-electron chi connectivity index (χ1n) is 7.26. The highest BCUT2D eigenvalue weighted by molar-refractivity contribution is 5.85. The molecule has 21 heavy (non-hydrogen) atoms. The van der Waals surface area contributed by atoms with E-state index in [1.54, 1.807) is 0 Å². The third kappa shape index (κ3) is 4.17. The minimum atomic E-state index is -0.213. The molecule has 1 amide bonds. The van der Waals surface area contributed by atoms with Crippen molar-refractivity contribution in [3.05, 3.63) is 35.6 Å². The van der Waals surface area contributed by atoms with Gasteiger partial charge >= 0.3 is 0 Å². The van der Waals surface area contributed by atoms with Gasteiger partial charge in [0, 0.05) is 24.4 Å². The number of benzene rings is 1. The summed E-state index contributed by atoms with van der Waals surface area (Å²) < 4.78 is 13.0. The van der Waals surface area contributed by atoms with Crippen molar-refractivity contribution < 1.29 is 9.18 Å². The first kappa shape index (κ1) is 17.9. The van der Waals surface area contributed by atoms with E-state index in [0.717, 1.165) is 18.4 Å². The molecule has 118 valence electrons. The lowest BCUT2D eigenvalue weighted by atomic mass is 9.64. The average molecular weight is 315 g/mol. The van der Waals surface area contributed by atoms with Crippen LogP contribution in [-0.4, -0.2) is 26.0 Å². The van der Waals surface area contributed by atoms with Crippen LogP contribution in [-0.2, 0) is 10.2 Å². The molecule has 2 N–H and O–H groups in total. The predicted molar refractivity (Wildman–Crippen MR) is 85.3 cm³/mol. The Balaban J connectivity index is 0.00000220. The van der Waals surface area contributed by atoms with Crippen LogP contribution in [0, 0.1) is 11.7 Å². The number of carbonyl (C=O) groups excluding carboxylic acids is 1. The molecule has 1 aliphatic rings. The standard InChI is InChI=1S/C16H23FN2O.ClH/c1-12(10-18-2)15(20)19-11-16(8-3-9-16)13-4-6-14(17)7-5-13;/h4-7,12,18H,3,8-11H2,1-2H3,(H,19,20);1H. The minimum absolute atomic E-state index is 0. The molecule has 1 aliphatic carbocycles. The van der Waals surface area contributed by atoms with E-state index in [2.05, 4.69) is 10.6 Å². The number of halogens is 2. The Morgan fingerprint density at radius 3 is 2.43 bits per heavy atom. The van der Waals surface area contributed by atoms with Crippen molar-refractivity contribution >= 4 is 18.3 Å². The van der Waals surface area contributed by atoms with Gasteiger partial charge in [-0.1, -0.05) is 25.5 Å². The molecule has 1 aromatic rings. The van der Waals surface area contributed by atoms with Gasteiger partial charge in [0.2, 0.25) is 5.91 Å². The fourth-order valence-corrected chi connectivity index (χ4v) is 2.80. The lowest BCUT2D eigenvalue weighted by molar-refractivity contribution is -0.124. The Labute approximate surface area is 132 Å². The molecule has 5 heteroatoms. The summed E-state index contributed by atoms with van der Waals surface area (Å²) in [6, 6.07) is 6.69. The molecule has 1 aromatic carbocycles. The number of hydrogen-bond acceptors (Lipinski definition) is 2. The van der Waals surface area contributed by atoms with E-state index >= 15 is 0 Å². The maximum atomic E-state index is 13.0. The molecule has 0 bridgehead atoms. The second kappa shape index (κ2) is 7.76. The highest BCUT2D eigenvalue weighted by atomic mass is 35.5. The van der Waals surface area contributed by atoms with Crippen molar-refractivity contribution in [2.75, 3.05) is 20.1 Å². The molecular formula is C16H24ClFN2O. The second-order valence-electron chi connectivity index (χ2n) is 5.82. The van der Waals surface area contributed by atoms with Gasteiger partial charge < -0.3 is 10.6 Å². The van der Waals surface area contributed by atoms with Gasteiger partial charge in [-0.05, 0) is 37.6 Å². The summed E-state index contributed by atoms with van der Waals surface area (Å²) in [5.74, 6) is -0.173. The molecule has 0 radical (unpaired) electrons. The lowest BCUT2D eigenvalue weighted by Gasteiger charge is -2.42. The van der Waals surface area contributed by atoms with E-state index < -0.39 is 0 Å². The largest absolute Gasteiger partial charge is 0.355 e. The zero-order valence-corrected chi connectivity index (χ0v) is 13.4. The average Bonchev–Trinajstić information content (AvgIpc) is 2.39. The first-order valence-corrected chi connectivity index (χ1v) is 7.26. The Hall–Kier alpha value is -1.13. The van der Waals surface area contributed by atoms with E-state index in [0.29, 0.717) is 13.1 Å². The zero-order valence-electron chi connectivity index (χ0n) is 12.6. The number of amides is 1. The van der Waals surface area contributed by atoms with Crippen LogP contribution < -0.4 is 10.6 Å². The summed E-state index contributed by atoms with van der Waals surface area (Å²) in [7, 11) is 1.84. The van der Waals surface area contributed by atoms with Crippen molar-refractivity contribution in [2.24, 2.45) is 5.92 Å². The van der Waals surface area contributed by atoms with Crippen molar-refractivity contribution in [1.82, 2.24) is 10.6 Å². The van der Waals surface area contributed by atoms with Gasteiger partial charge in [-0.3, -0.25) is 4.79 Å². The molecule has 3 nitrogen and oxygen atoms in total. The summed E-state index contributed by atoms with van der Waals surface area (Å²) in [6.45, 7) is 3.23. The summed E-state index contributed by atoms with van der Waals surface area (Å²) >= 11 is 0. The molecule has 0 aliphatic heterocycles. The van der Waals surface area contributed by atoms with Crippen molar-refractivity contribution in [3.8, 4) is 0 Å². The van der Waals surface area contributed by atoms with Crippen LogP contribution in [0.4, 0.5) is 4.39 Å². The smallest absolute Gasteiger partial charge is 0.224 e.